The van der Waals surface area contributed by atoms with Crippen LogP contribution in [0.2, 0.25) is 5.02 Å². The molecule has 130 valence electrons. The minimum atomic E-state index is -0.611. The zero-order valence-corrected chi connectivity index (χ0v) is 14.3. The minimum absolute atomic E-state index is 0.142. The number of amides is 1. The van der Waals surface area contributed by atoms with Gasteiger partial charge in [0, 0.05) is 31.0 Å². The lowest BCUT2D eigenvalue weighted by Crippen LogP contribution is -2.23. The van der Waals surface area contributed by atoms with Crippen LogP contribution in [-0.2, 0) is 4.74 Å². The van der Waals surface area contributed by atoms with Crippen LogP contribution in [0.1, 0.15) is 29.8 Å². The van der Waals surface area contributed by atoms with E-state index in [2.05, 4.69) is 20.3 Å². The predicted octanol–water partition coefficient (Wildman–Crippen LogP) is 2.27. The van der Waals surface area contributed by atoms with Crippen molar-refractivity contribution in [3.05, 3.63) is 35.4 Å². The van der Waals surface area contributed by atoms with Crippen LogP contribution < -0.4 is 11.1 Å². The summed E-state index contributed by atoms with van der Waals surface area (Å²) >= 11 is 6.21. The van der Waals surface area contributed by atoms with Crippen LogP contribution in [0.5, 0.6) is 0 Å². The Morgan fingerprint density at radius 3 is 2.88 bits per heavy atom. The molecule has 1 spiro atoms. The number of hydrogen-bond donors (Lipinski definition) is 2. The molecule has 1 atom stereocenters. The minimum Gasteiger partial charge on any atom is -0.381 e. The van der Waals surface area contributed by atoms with Crippen LogP contribution in [0.3, 0.4) is 0 Å². The highest BCUT2D eigenvalue weighted by molar-refractivity contribution is 6.33. The van der Waals surface area contributed by atoms with Gasteiger partial charge >= 0.3 is 0 Å². The number of carbonyl (C=O) groups is 1. The standard InChI is InChI=1S/C17H18ClN5O2/c18-11-7-21-12(16(19)24)5-10(11)13-8-20-9-15(22-13)23-14-6-17(14)1-3-25-4-2-17/h5,7-9,14H,1-4,6H2,(H2,19,24)(H,22,23)/t14-/m1/s1. The molecule has 0 unspecified atom stereocenters. The summed E-state index contributed by atoms with van der Waals surface area (Å²) in [4.78, 5) is 24.1. The molecule has 4 rings (SSSR count). The molecule has 0 bridgehead atoms. The molecule has 1 aliphatic carbocycles. The predicted molar refractivity (Wildman–Crippen MR) is 93.3 cm³/mol. The summed E-state index contributed by atoms with van der Waals surface area (Å²) in [5, 5.41) is 3.86. The maximum Gasteiger partial charge on any atom is 0.267 e. The average molecular weight is 360 g/mol. The molecule has 2 aromatic heterocycles. The number of rotatable bonds is 4. The van der Waals surface area contributed by atoms with Gasteiger partial charge in [0.2, 0.25) is 0 Å². The van der Waals surface area contributed by atoms with Crippen LogP contribution in [-0.4, -0.2) is 40.1 Å². The molecule has 25 heavy (non-hydrogen) atoms. The largest absolute Gasteiger partial charge is 0.381 e. The summed E-state index contributed by atoms with van der Waals surface area (Å²) in [6.07, 6.45) is 7.99. The van der Waals surface area contributed by atoms with Crippen molar-refractivity contribution >= 4 is 23.3 Å². The highest BCUT2D eigenvalue weighted by Gasteiger charge is 2.54. The fraction of sp³-hybridized carbons (Fsp3) is 0.412. The number of nitrogens with two attached hydrogens (primary N) is 1. The van der Waals surface area contributed by atoms with Crippen molar-refractivity contribution in [1.29, 1.82) is 0 Å². The fourth-order valence-electron chi connectivity index (χ4n) is 3.40. The smallest absolute Gasteiger partial charge is 0.267 e. The molecular formula is C17H18ClN5O2. The normalized spacial score (nSPS) is 21.1. The molecule has 1 amide bonds. The molecule has 0 aromatic carbocycles. The Morgan fingerprint density at radius 1 is 1.32 bits per heavy atom. The molecule has 2 fully saturated rings. The highest BCUT2D eigenvalue weighted by Crippen LogP contribution is 2.54. The van der Waals surface area contributed by atoms with Gasteiger partial charge in [-0.2, -0.15) is 0 Å². The lowest BCUT2D eigenvalue weighted by atomic mass is 9.96. The number of pyridine rings is 1. The number of halogens is 1. The third-order valence-electron chi connectivity index (χ3n) is 5.02. The highest BCUT2D eigenvalue weighted by atomic mass is 35.5. The van der Waals surface area contributed by atoms with Crippen LogP contribution in [0, 0.1) is 5.41 Å². The van der Waals surface area contributed by atoms with Gasteiger partial charge in [-0.1, -0.05) is 11.6 Å². The van der Waals surface area contributed by atoms with Gasteiger partial charge in [0.25, 0.3) is 5.91 Å². The van der Waals surface area contributed by atoms with Crippen molar-refractivity contribution in [1.82, 2.24) is 15.0 Å². The Balaban J connectivity index is 1.56. The molecule has 2 aromatic rings. The van der Waals surface area contributed by atoms with Crippen molar-refractivity contribution < 1.29 is 9.53 Å². The van der Waals surface area contributed by atoms with E-state index in [9.17, 15) is 4.79 Å². The molecular weight excluding hydrogens is 342 g/mol. The molecule has 3 heterocycles. The molecule has 2 aliphatic rings. The molecule has 1 aliphatic heterocycles. The summed E-state index contributed by atoms with van der Waals surface area (Å²) in [5.41, 5.74) is 6.92. The molecule has 1 saturated heterocycles. The first kappa shape index (κ1) is 16.2. The van der Waals surface area contributed by atoms with Gasteiger partial charge in [0.15, 0.2) is 0 Å². The first-order valence-electron chi connectivity index (χ1n) is 8.19. The first-order chi connectivity index (χ1) is 12.1. The van der Waals surface area contributed by atoms with Crippen LogP contribution >= 0.6 is 11.6 Å². The van der Waals surface area contributed by atoms with E-state index in [0.717, 1.165) is 32.5 Å². The van der Waals surface area contributed by atoms with Gasteiger partial charge in [-0.05, 0) is 30.7 Å². The van der Waals surface area contributed by atoms with Crippen LogP contribution in [0.4, 0.5) is 5.82 Å². The maximum atomic E-state index is 11.3. The summed E-state index contributed by atoms with van der Waals surface area (Å²) < 4.78 is 5.45. The summed E-state index contributed by atoms with van der Waals surface area (Å²) in [7, 11) is 0. The first-order valence-corrected chi connectivity index (χ1v) is 8.57. The maximum absolute atomic E-state index is 11.3. The zero-order chi connectivity index (χ0) is 17.4. The van der Waals surface area contributed by atoms with Crippen LogP contribution in [0.25, 0.3) is 11.3 Å². The number of nitrogens with one attached hydrogen (secondary N) is 1. The molecule has 0 radical (unpaired) electrons. The molecule has 8 heteroatoms. The van der Waals surface area contributed by atoms with Gasteiger partial charge in [0.05, 0.1) is 23.1 Å². The number of ether oxygens (including phenoxy) is 1. The van der Waals surface area contributed by atoms with E-state index in [-0.39, 0.29) is 5.69 Å². The number of carbonyl (C=O) groups excluding carboxylic acids is 1. The van der Waals surface area contributed by atoms with Gasteiger partial charge in [-0.15, -0.1) is 0 Å². The topological polar surface area (TPSA) is 103 Å². The number of anilines is 1. The molecule has 7 nitrogen and oxygen atoms in total. The third kappa shape index (κ3) is 3.17. The van der Waals surface area contributed by atoms with E-state index in [1.54, 1.807) is 12.4 Å². The van der Waals surface area contributed by atoms with E-state index < -0.39 is 5.91 Å². The van der Waals surface area contributed by atoms with Crippen molar-refractivity contribution in [2.24, 2.45) is 11.1 Å². The van der Waals surface area contributed by atoms with E-state index in [1.165, 1.54) is 12.3 Å². The van der Waals surface area contributed by atoms with Crippen LogP contribution in [0.15, 0.2) is 24.7 Å². The monoisotopic (exact) mass is 359 g/mol. The quantitative estimate of drug-likeness (QED) is 0.868. The average Bonchev–Trinajstić information content (AvgIpc) is 3.26. The summed E-state index contributed by atoms with van der Waals surface area (Å²) in [6.45, 7) is 1.65. The van der Waals surface area contributed by atoms with Crippen molar-refractivity contribution in [2.45, 2.75) is 25.3 Å². The fourth-order valence-corrected chi connectivity index (χ4v) is 3.60. The Labute approximate surface area is 150 Å². The van der Waals surface area contributed by atoms with E-state index in [4.69, 9.17) is 22.1 Å². The van der Waals surface area contributed by atoms with Gasteiger partial charge < -0.3 is 15.8 Å². The lowest BCUT2D eigenvalue weighted by molar-refractivity contribution is 0.0567. The Kier molecular flexibility index (Phi) is 4.05. The number of hydrogen-bond acceptors (Lipinski definition) is 6. The second kappa shape index (κ2) is 6.24. The molecule has 1 saturated carbocycles. The van der Waals surface area contributed by atoms with E-state index >= 15 is 0 Å². The Morgan fingerprint density at radius 2 is 2.12 bits per heavy atom. The Bertz CT molecular complexity index is 822. The third-order valence-corrected chi connectivity index (χ3v) is 5.32. The van der Waals surface area contributed by atoms with E-state index in [0.29, 0.717) is 33.6 Å². The Hall–Kier alpha value is -2.25. The van der Waals surface area contributed by atoms with Crippen molar-refractivity contribution in [3.63, 3.8) is 0 Å². The number of aromatic nitrogens is 3. The number of primary amides is 1. The lowest BCUT2D eigenvalue weighted by Gasteiger charge is -2.23. The second-order valence-electron chi connectivity index (χ2n) is 6.58. The van der Waals surface area contributed by atoms with E-state index in [1.807, 2.05) is 0 Å². The van der Waals surface area contributed by atoms with Gasteiger partial charge in [-0.3, -0.25) is 9.78 Å². The number of nitrogens with zero attached hydrogens (tertiary/aromatic N) is 3. The second-order valence-corrected chi connectivity index (χ2v) is 6.99. The van der Waals surface area contributed by atoms with Gasteiger partial charge in [-0.25, -0.2) is 9.97 Å². The van der Waals surface area contributed by atoms with Crippen molar-refractivity contribution in [3.8, 4) is 11.3 Å². The summed E-state index contributed by atoms with van der Waals surface area (Å²) in [5.74, 6) is 0.0824. The van der Waals surface area contributed by atoms with Crippen molar-refractivity contribution in [2.75, 3.05) is 18.5 Å². The SMILES string of the molecule is NC(=O)c1cc(-c2cncc(N[C@@H]3CC34CCOCC4)n2)c(Cl)cn1. The zero-order valence-electron chi connectivity index (χ0n) is 13.5. The summed E-state index contributed by atoms with van der Waals surface area (Å²) in [6, 6.07) is 1.94. The van der Waals surface area contributed by atoms with Gasteiger partial charge in [0.1, 0.15) is 11.5 Å². The molecule has 3 N–H and O–H groups in total.